The highest BCUT2D eigenvalue weighted by atomic mass is 32.2. The third-order valence-electron chi connectivity index (χ3n) is 4.79. The molecule has 0 spiro atoms. The van der Waals surface area contributed by atoms with Gasteiger partial charge in [0.2, 0.25) is 0 Å². The molecule has 0 aliphatic rings. The van der Waals surface area contributed by atoms with Crippen LogP contribution in [-0.4, -0.2) is 26.2 Å². The highest BCUT2D eigenvalue weighted by Crippen LogP contribution is 2.24. The number of hydrogen-bond acceptors (Lipinski definition) is 5. The van der Waals surface area contributed by atoms with Gasteiger partial charge in [-0.15, -0.1) is 0 Å². The SMILES string of the molecule is CC(=O)c1cccc(OC(C)C(=O)Nc2ccc(C)c(S(=O)(=O)Nc3ccccc3F)c2)c1. The third kappa shape index (κ3) is 5.95. The van der Waals surface area contributed by atoms with Gasteiger partial charge in [0.25, 0.3) is 15.9 Å². The minimum atomic E-state index is -4.11. The maximum absolute atomic E-state index is 13.9. The first kappa shape index (κ1) is 23.9. The number of Topliss-reactive ketones (excluding diaryl/α,β-unsaturated/α-hetero) is 1. The van der Waals surface area contributed by atoms with Crippen LogP contribution in [0.1, 0.15) is 29.8 Å². The number of nitrogens with one attached hydrogen (secondary N) is 2. The summed E-state index contributed by atoms with van der Waals surface area (Å²) in [6.07, 6.45) is -0.926. The molecular weight excluding hydrogens is 447 g/mol. The van der Waals surface area contributed by atoms with Gasteiger partial charge in [0.05, 0.1) is 10.6 Å². The van der Waals surface area contributed by atoms with Gasteiger partial charge in [-0.25, -0.2) is 12.8 Å². The minimum Gasteiger partial charge on any atom is -0.481 e. The molecular formula is C24H23FN2O5S. The molecule has 3 aromatic rings. The minimum absolute atomic E-state index is 0.105. The fourth-order valence-electron chi connectivity index (χ4n) is 3.00. The maximum atomic E-state index is 13.9. The van der Waals surface area contributed by atoms with E-state index in [2.05, 4.69) is 10.0 Å². The quantitative estimate of drug-likeness (QED) is 0.471. The zero-order valence-electron chi connectivity index (χ0n) is 18.3. The Kier molecular flexibility index (Phi) is 7.13. The van der Waals surface area contributed by atoms with E-state index in [1.54, 1.807) is 31.2 Å². The second-order valence-electron chi connectivity index (χ2n) is 7.40. The van der Waals surface area contributed by atoms with Crippen LogP contribution in [0.5, 0.6) is 5.75 Å². The number of para-hydroxylation sites is 1. The number of anilines is 2. The standard InChI is InChI=1S/C24H23FN2O5S/c1-15-11-12-19(14-23(15)33(30,31)27-22-10-5-4-9-21(22)25)26-24(29)17(3)32-20-8-6-7-18(13-20)16(2)28/h4-14,17,27H,1-3H3,(H,26,29). The van der Waals surface area contributed by atoms with Crippen molar-refractivity contribution in [2.75, 3.05) is 10.0 Å². The molecule has 0 aromatic heterocycles. The fourth-order valence-corrected chi connectivity index (χ4v) is 4.34. The Morgan fingerprint density at radius 1 is 1.00 bits per heavy atom. The number of carbonyl (C=O) groups excluding carboxylic acids is 2. The maximum Gasteiger partial charge on any atom is 0.265 e. The molecule has 0 aliphatic carbocycles. The molecule has 0 saturated heterocycles. The van der Waals surface area contributed by atoms with Crippen LogP contribution in [0.4, 0.5) is 15.8 Å². The van der Waals surface area contributed by atoms with E-state index in [1.165, 1.54) is 50.2 Å². The highest BCUT2D eigenvalue weighted by Gasteiger charge is 2.21. The van der Waals surface area contributed by atoms with Crippen molar-refractivity contribution < 1.29 is 27.1 Å². The second kappa shape index (κ2) is 9.83. The third-order valence-corrected chi connectivity index (χ3v) is 6.29. The van der Waals surface area contributed by atoms with E-state index in [0.717, 1.165) is 6.07 Å². The number of hydrogen-bond donors (Lipinski definition) is 2. The molecule has 0 fully saturated rings. The van der Waals surface area contributed by atoms with Crippen molar-refractivity contribution in [3.8, 4) is 5.75 Å². The van der Waals surface area contributed by atoms with Gasteiger partial charge in [0.1, 0.15) is 11.6 Å². The lowest BCUT2D eigenvalue weighted by Crippen LogP contribution is -2.30. The summed E-state index contributed by atoms with van der Waals surface area (Å²) >= 11 is 0. The van der Waals surface area contributed by atoms with Gasteiger partial charge in [0, 0.05) is 11.3 Å². The van der Waals surface area contributed by atoms with E-state index >= 15 is 0 Å². The van der Waals surface area contributed by atoms with E-state index in [0.29, 0.717) is 16.9 Å². The summed E-state index contributed by atoms with van der Waals surface area (Å²) < 4.78 is 47.4. The van der Waals surface area contributed by atoms with Crippen LogP contribution in [0.15, 0.2) is 71.6 Å². The van der Waals surface area contributed by atoms with Crippen molar-refractivity contribution in [2.24, 2.45) is 0 Å². The lowest BCUT2D eigenvalue weighted by Gasteiger charge is -2.16. The van der Waals surface area contributed by atoms with Gasteiger partial charge in [-0.1, -0.05) is 30.3 Å². The number of amides is 1. The molecule has 1 amide bonds. The van der Waals surface area contributed by atoms with Crippen LogP contribution in [0, 0.1) is 12.7 Å². The van der Waals surface area contributed by atoms with Crippen molar-refractivity contribution in [1.82, 2.24) is 0 Å². The zero-order chi connectivity index (χ0) is 24.2. The molecule has 7 nitrogen and oxygen atoms in total. The molecule has 3 rings (SSSR count). The van der Waals surface area contributed by atoms with Gasteiger partial charge in [0.15, 0.2) is 11.9 Å². The molecule has 9 heteroatoms. The summed E-state index contributed by atoms with van der Waals surface area (Å²) in [5, 5.41) is 2.62. The molecule has 0 bridgehead atoms. The van der Waals surface area contributed by atoms with E-state index in [9.17, 15) is 22.4 Å². The van der Waals surface area contributed by atoms with Crippen molar-refractivity contribution in [3.63, 3.8) is 0 Å². The predicted octanol–water partition coefficient (Wildman–Crippen LogP) is 4.54. The number of ether oxygens (including phenoxy) is 1. The fraction of sp³-hybridized carbons (Fsp3) is 0.167. The first-order chi connectivity index (χ1) is 15.6. The van der Waals surface area contributed by atoms with Crippen LogP contribution < -0.4 is 14.8 Å². The van der Waals surface area contributed by atoms with Crippen LogP contribution in [-0.2, 0) is 14.8 Å². The molecule has 33 heavy (non-hydrogen) atoms. The van der Waals surface area contributed by atoms with Crippen molar-refractivity contribution >= 4 is 33.1 Å². The normalized spacial score (nSPS) is 12.0. The average molecular weight is 471 g/mol. The van der Waals surface area contributed by atoms with Gasteiger partial charge in [-0.3, -0.25) is 14.3 Å². The molecule has 0 aliphatic heterocycles. The summed E-state index contributed by atoms with van der Waals surface area (Å²) in [7, 11) is -4.11. The van der Waals surface area contributed by atoms with Crippen LogP contribution >= 0.6 is 0 Å². The van der Waals surface area contributed by atoms with Crippen LogP contribution in [0.3, 0.4) is 0 Å². The summed E-state index contributed by atoms with van der Waals surface area (Å²) in [6, 6.07) is 16.3. The van der Waals surface area contributed by atoms with Crippen LogP contribution in [0.2, 0.25) is 0 Å². The number of benzene rings is 3. The van der Waals surface area contributed by atoms with Gasteiger partial charge in [-0.2, -0.15) is 0 Å². The Morgan fingerprint density at radius 3 is 2.42 bits per heavy atom. The van der Waals surface area contributed by atoms with Crippen molar-refractivity contribution in [1.29, 1.82) is 0 Å². The first-order valence-corrected chi connectivity index (χ1v) is 11.5. The Balaban J connectivity index is 1.76. The summed E-state index contributed by atoms with van der Waals surface area (Å²) in [4.78, 5) is 24.0. The number of carbonyl (C=O) groups is 2. The monoisotopic (exact) mass is 470 g/mol. The predicted molar refractivity (Wildman–Crippen MR) is 124 cm³/mol. The number of ketones is 1. The summed E-state index contributed by atoms with van der Waals surface area (Å²) in [5.41, 5.74) is 0.923. The van der Waals surface area contributed by atoms with Crippen molar-refractivity contribution in [2.45, 2.75) is 31.8 Å². The largest absolute Gasteiger partial charge is 0.481 e. The van der Waals surface area contributed by atoms with E-state index in [4.69, 9.17) is 4.74 Å². The topological polar surface area (TPSA) is 102 Å². The van der Waals surface area contributed by atoms with E-state index in [1.807, 2.05) is 0 Å². The molecule has 3 aromatic carbocycles. The summed E-state index contributed by atoms with van der Waals surface area (Å²) in [5.74, 6) is -0.998. The van der Waals surface area contributed by atoms with Gasteiger partial charge >= 0.3 is 0 Å². The number of sulfonamides is 1. The van der Waals surface area contributed by atoms with E-state index in [-0.39, 0.29) is 22.1 Å². The Hall–Kier alpha value is -3.72. The number of aryl methyl sites for hydroxylation is 1. The molecule has 0 saturated carbocycles. The molecule has 0 heterocycles. The van der Waals surface area contributed by atoms with Gasteiger partial charge < -0.3 is 10.1 Å². The zero-order valence-corrected chi connectivity index (χ0v) is 19.1. The molecule has 1 unspecified atom stereocenters. The number of rotatable bonds is 8. The van der Waals surface area contributed by atoms with Crippen molar-refractivity contribution in [3.05, 3.63) is 83.7 Å². The molecule has 0 radical (unpaired) electrons. The Morgan fingerprint density at radius 2 is 1.73 bits per heavy atom. The van der Waals surface area contributed by atoms with Gasteiger partial charge in [-0.05, 0) is 62.7 Å². The smallest absolute Gasteiger partial charge is 0.265 e. The molecule has 1 atom stereocenters. The summed E-state index contributed by atoms with van der Waals surface area (Å²) in [6.45, 7) is 4.55. The highest BCUT2D eigenvalue weighted by molar-refractivity contribution is 7.92. The molecule has 2 N–H and O–H groups in total. The average Bonchev–Trinajstić information content (AvgIpc) is 2.76. The lowest BCUT2D eigenvalue weighted by molar-refractivity contribution is -0.122. The number of halogens is 1. The Labute approximate surface area is 191 Å². The lowest BCUT2D eigenvalue weighted by atomic mass is 10.1. The second-order valence-corrected chi connectivity index (χ2v) is 9.05. The Bertz CT molecular complexity index is 1310. The molecule has 172 valence electrons. The van der Waals surface area contributed by atoms with E-state index < -0.39 is 27.9 Å². The first-order valence-electron chi connectivity index (χ1n) is 10.0. The van der Waals surface area contributed by atoms with Crippen LogP contribution in [0.25, 0.3) is 0 Å².